The van der Waals surface area contributed by atoms with E-state index in [1.165, 1.54) is 38.5 Å². The van der Waals surface area contributed by atoms with Gasteiger partial charge in [0.25, 0.3) is 0 Å². The Hall–Kier alpha value is -0.0800. The van der Waals surface area contributed by atoms with Gasteiger partial charge < -0.3 is 11.1 Å². The molecule has 0 radical (unpaired) electrons. The van der Waals surface area contributed by atoms with Crippen molar-refractivity contribution in [1.82, 2.24) is 5.32 Å². The van der Waals surface area contributed by atoms with Crippen LogP contribution in [0.25, 0.3) is 0 Å². The van der Waals surface area contributed by atoms with Crippen LogP contribution in [0, 0.1) is 0 Å². The number of nitrogens with two attached hydrogens (primary N) is 1. The van der Waals surface area contributed by atoms with Gasteiger partial charge in [0.15, 0.2) is 0 Å². The summed E-state index contributed by atoms with van der Waals surface area (Å²) in [6, 6.07) is 0.449. The van der Waals surface area contributed by atoms with E-state index in [9.17, 15) is 0 Å². The van der Waals surface area contributed by atoms with Crippen molar-refractivity contribution >= 4 is 0 Å². The van der Waals surface area contributed by atoms with Crippen LogP contribution in [-0.4, -0.2) is 19.6 Å². The van der Waals surface area contributed by atoms with Crippen LogP contribution < -0.4 is 11.1 Å². The molecule has 0 aliphatic rings. The molecule has 0 bridgehead atoms. The van der Waals surface area contributed by atoms with Crippen LogP contribution in [0.15, 0.2) is 0 Å². The van der Waals surface area contributed by atoms with Crippen molar-refractivity contribution in [3.8, 4) is 0 Å². The van der Waals surface area contributed by atoms with E-state index >= 15 is 0 Å². The highest BCUT2D eigenvalue weighted by Gasteiger charge is 1.99. The summed E-state index contributed by atoms with van der Waals surface area (Å²) >= 11 is 0. The number of nitrogens with one attached hydrogen (secondary N) is 1. The highest BCUT2D eigenvalue weighted by atomic mass is 14.8. The lowest BCUT2D eigenvalue weighted by molar-refractivity contribution is 0.515. The highest BCUT2D eigenvalue weighted by Crippen LogP contribution is 2.05. The molecule has 0 aromatic heterocycles. The van der Waals surface area contributed by atoms with Crippen LogP contribution in [0.5, 0.6) is 0 Å². The van der Waals surface area contributed by atoms with Gasteiger partial charge in [-0.2, -0.15) is 0 Å². The summed E-state index contributed by atoms with van der Waals surface area (Å²) in [7, 11) is 2.00. The van der Waals surface area contributed by atoms with Gasteiger partial charge in [-0.05, 0) is 32.9 Å². The van der Waals surface area contributed by atoms with Crippen LogP contribution in [-0.2, 0) is 0 Å². The molecule has 3 N–H and O–H groups in total. The Morgan fingerprint density at radius 1 is 1.17 bits per heavy atom. The molecule has 2 heteroatoms. The van der Waals surface area contributed by atoms with E-state index in [1.54, 1.807) is 0 Å². The Balaban J connectivity index is 2.97. The molecule has 0 aliphatic heterocycles. The highest BCUT2D eigenvalue weighted by molar-refractivity contribution is 4.60. The van der Waals surface area contributed by atoms with Crippen LogP contribution in [0.4, 0.5) is 0 Å². The molecule has 2 nitrogen and oxygen atoms in total. The maximum Gasteiger partial charge on any atom is 0.00387 e. The fraction of sp³-hybridized carbons (Fsp3) is 1.00. The summed E-state index contributed by atoms with van der Waals surface area (Å²) in [4.78, 5) is 0. The van der Waals surface area contributed by atoms with Gasteiger partial charge in [-0.15, -0.1) is 0 Å². The molecule has 0 aromatic rings. The smallest absolute Gasteiger partial charge is 0.00387 e. The van der Waals surface area contributed by atoms with Crippen molar-refractivity contribution in [3.63, 3.8) is 0 Å². The van der Waals surface area contributed by atoms with E-state index in [-0.39, 0.29) is 0 Å². The van der Waals surface area contributed by atoms with Gasteiger partial charge in [0, 0.05) is 6.04 Å². The number of unbranched alkanes of at least 4 members (excludes halogenated alkanes) is 2. The quantitative estimate of drug-likeness (QED) is 0.549. The SMILES string of the molecule is CCCC(N)CCCCCNC. The predicted octanol–water partition coefficient (Wildman–Crippen LogP) is 1.89. The van der Waals surface area contributed by atoms with Crippen LogP contribution in [0.3, 0.4) is 0 Å². The summed E-state index contributed by atoms with van der Waals surface area (Å²) in [5.74, 6) is 0. The Kier molecular flexibility index (Phi) is 8.95. The number of hydrogen-bond acceptors (Lipinski definition) is 2. The predicted molar refractivity (Wildman–Crippen MR) is 55.3 cm³/mol. The van der Waals surface area contributed by atoms with Crippen LogP contribution >= 0.6 is 0 Å². The summed E-state index contributed by atoms with van der Waals surface area (Å²) in [6.07, 6.45) is 7.51. The molecular formula is C10H24N2. The first-order valence-corrected chi connectivity index (χ1v) is 5.21. The average molecular weight is 172 g/mol. The summed E-state index contributed by atoms with van der Waals surface area (Å²) < 4.78 is 0. The molecule has 0 saturated carbocycles. The largest absolute Gasteiger partial charge is 0.328 e. The lowest BCUT2D eigenvalue weighted by Gasteiger charge is -2.09. The lowest BCUT2D eigenvalue weighted by Crippen LogP contribution is -2.19. The monoisotopic (exact) mass is 172 g/mol. The molecule has 0 fully saturated rings. The van der Waals surface area contributed by atoms with E-state index in [1.807, 2.05) is 7.05 Å². The standard InChI is InChI=1S/C10H24N2/c1-3-7-10(11)8-5-4-6-9-12-2/h10,12H,3-9,11H2,1-2H3. The van der Waals surface area contributed by atoms with Crippen molar-refractivity contribution in [2.24, 2.45) is 5.73 Å². The first-order valence-electron chi connectivity index (χ1n) is 5.21. The normalized spacial score (nSPS) is 13.2. The maximum absolute atomic E-state index is 5.88. The molecule has 0 saturated heterocycles. The molecule has 0 aromatic carbocycles. The van der Waals surface area contributed by atoms with Crippen molar-refractivity contribution in [2.45, 2.75) is 51.5 Å². The molecule has 0 heterocycles. The molecule has 74 valence electrons. The third kappa shape index (κ3) is 8.02. The fourth-order valence-corrected chi connectivity index (χ4v) is 1.40. The van der Waals surface area contributed by atoms with Gasteiger partial charge >= 0.3 is 0 Å². The zero-order valence-corrected chi connectivity index (χ0v) is 8.60. The van der Waals surface area contributed by atoms with Crippen LogP contribution in [0.1, 0.15) is 45.4 Å². The Morgan fingerprint density at radius 2 is 1.92 bits per heavy atom. The number of hydrogen-bond donors (Lipinski definition) is 2. The van der Waals surface area contributed by atoms with Gasteiger partial charge in [-0.3, -0.25) is 0 Å². The van der Waals surface area contributed by atoms with E-state index in [2.05, 4.69) is 12.2 Å². The molecular weight excluding hydrogens is 148 g/mol. The molecule has 0 rings (SSSR count). The second kappa shape index (κ2) is 9.01. The molecule has 1 unspecified atom stereocenters. The van der Waals surface area contributed by atoms with E-state index in [4.69, 9.17) is 5.73 Å². The van der Waals surface area contributed by atoms with Gasteiger partial charge in [-0.25, -0.2) is 0 Å². The minimum absolute atomic E-state index is 0.449. The van der Waals surface area contributed by atoms with Gasteiger partial charge in [-0.1, -0.05) is 26.2 Å². The van der Waals surface area contributed by atoms with Crippen molar-refractivity contribution < 1.29 is 0 Å². The third-order valence-electron chi connectivity index (χ3n) is 2.16. The lowest BCUT2D eigenvalue weighted by atomic mass is 10.1. The second-order valence-electron chi connectivity index (χ2n) is 3.50. The first-order chi connectivity index (χ1) is 5.81. The first kappa shape index (κ1) is 11.9. The van der Waals surface area contributed by atoms with Gasteiger partial charge in [0.1, 0.15) is 0 Å². The minimum Gasteiger partial charge on any atom is -0.328 e. The Labute approximate surface area is 76.9 Å². The molecule has 12 heavy (non-hydrogen) atoms. The molecule has 0 amide bonds. The zero-order chi connectivity index (χ0) is 9.23. The molecule has 0 aliphatic carbocycles. The van der Waals surface area contributed by atoms with Crippen molar-refractivity contribution in [2.75, 3.05) is 13.6 Å². The average Bonchev–Trinajstić information content (AvgIpc) is 2.05. The third-order valence-corrected chi connectivity index (χ3v) is 2.16. The summed E-state index contributed by atoms with van der Waals surface area (Å²) in [6.45, 7) is 3.34. The second-order valence-corrected chi connectivity index (χ2v) is 3.50. The number of rotatable bonds is 8. The van der Waals surface area contributed by atoms with E-state index in [0.717, 1.165) is 6.54 Å². The van der Waals surface area contributed by atoms with Crippen molar-refractivity contribution in [1.29, 1.82) is 0 Å². The van der Waals surface area contributed by atoms with E-state index in [0.29, 0.717) is 6.04 Å². The Morgan fingerprint density at radius 3 is 2.50 bits per heavy atom. The fourth-order valence-electron chi connectivity index (χ4n) is 1.40. The summed E-state index contributed by atoms with van der Waals surface area (Å²) in [5, 5.41) is 3.15. The molecule has 0 spiro atoms. The van der Waals surface area contributed by atoms with Crippen molar-refractivity contribution in [3.05, 3.63) is 0 Å². The molecule has 1 atom stereocenters. The maximum atomic E-state index is 5.88. The van der Waals surface area contributed by atoms with Crippen LogP contribution in [0.2, 0.25) is 0 Å². The van der Waals surface area contributed by atoms with Gasteiger partial charge in [0.05, 0.1) is 0 Å². The Bertz CT molecular complexity index is 83.9. The topological polar surface area (TPSA) is 38.0 Å². The zero-order valence-electron chi connectivity index (χ0n) is 8.60. The van der Waals surface area contributed by atoms with Gasteiger partial charge in [0.2, 0.25) is 0 Å². The summed E-state index contributed by atoms with van der Waals surface area (Å²) in [5.41, 5.74) is 5.88. The van der Waals surface area contributed by atoms with E-state index < -0.39 is 0 Å². The minimum atomic E-state index is 0.449.